The van der Waals surface area contributed by atoms with Gasteiger partial charge in [-0.2, -0.15) is 0 Å². The summed E-state index contributed by atoms with van der Waals surface area (Å²) in [5.74, 6) is 1.98. The molecule has 5 heteroatoms. The minimum atomic E-state index is 0.110. The predicted molar refractivity (Wildman–Crippen MR) is 114 cm³/mol. The average molecular weight is 386 g/mol. The van der Waals surface area contributed by atoms with Crippen LogP contribution in [0.5, 0.6) is 5.75 Å². The van der Waals surface area contributed by atoms with Gasteiger partial charge in [0.15, 0.2) is 0 Å². The molecule has 1 aromatic rings. The van der Waals surface area contributed by atoms with E-state index in [0.29, 0.717) is 12.5 Å². The number of piperidine rings is 1. The van der Waals surface area contributed by atoms with E-state index in [9.17, 15) is 4.79 Å². The molecule has 1 atom stereocenters. The molecule has 28 heavy (non-hydrogen) atoms. The van der Waals surface area contributed by atoms with E-state index in [4.69, 9.17) is 10.5 Å². The highest BCUT2D eigenvalue weighted by Gasteiger charge is 2.24. The first-order valence-corrected chi connectivity index (χ1v) is 10.8. The number of nitrogens with zero attached hydrogens (tertiary/aromatic N) is 1. The first-order chi connectivity index (χ1) is 13.7. The Labute approximate surface area is 169 Å². The Kier molecular flexibility index (Phi) is 7.92. The number of benzene rings is 1. The Hall–Kier alpha value is -1.85. The quantitative estimate of drug-likeness (QED) is 0.722. The van der Waals surface area contributed by atoms with Crippen molar-refractivity contribution >= 4 is 11.5 Å². The van der Waals surface area contributed by atoms with Gasteiger partial charge < -0.3 is 20.7 Å². The van der Waals surface area contributed by atoms with Crippen LogP contribution in [0.15, 0.2) is 30.3 Å². The Morgan fingerprint density at radius 2 is 1.96 bits per heavy atom. The Morgan fingerprint density at radius 1 is 1.21 bits per heavy atom. The molecule has 0 spiro atoms. The zero-order valence-corrected chi connectivity index (χ0v) is 17.2. The summed E-state index contributed by atoms with van der Waals surface area (Å²) in [4.78, 5) is 14.4. The van der Waals surface area contributed by atoms with Gasteiger partial charge in [-0.05, 0) is 87.3 Å². The van der Waals surface area contributed by atoms with E-state index in [2.05, 4.69) is 35.7 Å². The van der Waals surface area contributed by atoms with E-state index >= 15 is 0 Å². The van der Waals surface area contributed by atoms with Crippen molar-refractivity contribution < 1.29 is 9.53 Å². The SMILES string of the molecule is CN(CCCN)C(=O)C1CC=C(c2ccc(OCC3CCNCC3)cc2)CC1. The fourth-order valence-corrected chi connectivity index (χ4v) is 4.10. The number of carbonyl (C=O) groups is 1. The number of hydrogen-bond donors (Lipinski definition) is 2. The molecule has 1 saturated heterocycles. The van der Waals surface area contributed by atoms with Crippen LogP contribution in [0.2, 0.25) is 0 Å². The number of nitrogens with two attached hydrogens (primary N) is 1. The molecule has 1 fully saturated rings. The summed E-state index contributed by atoms with van der Waals surface area (Å²) < 4.78 is 5.99. The molecule has 2 aliphatic rings. The third-order valence-electron chi connectivity index (χ3n) is 6.00. The summed E-state index contributed by atoms with van der Waals surface area (Å²) in [7, 11) is 1.89. The molecule has 154 valence electrons. The van der Waals surface area contributed by atoms with Crippen LogP contribution in [0.3, 0.4) is 0 Å². The summed E-state index contributed by atoms with van der Waals surface area (Å²) in [6.45, 7) is 4.40. The van der Waals surface area contributed by atoms with Crippen LogP contribution in [-0.2, 0) is 4.79 Å². The van der Waals surface area contributed by atoms with Crippen LogP contribution < -0.4 is 15.8 Å². The highest BCUT2D eigenvalue weighted by atomic mass is 16.5. The van der Waals surface area contributed by atoms with E-state index < -0.39 is 0 Å². The molecule has 0 saturated carbocycles. The van der Waals surface area contributed by atoms with E-state index in [1.807, 2.05) is 11.9 Å². The van der Waals surface area contributed by atoms with Crippen LogP contribution >= 0.6 is 0 Å². The molecular formula is C23H35N3O2. The number of nitrogens with one attached hydrogen (secondary N) is 1. The largest absolute Gasteiger partial charge is 0.493 e. The third-order valence-corrected chi connectivity index (χ3v) is 6.00. The van der Waals surface area contributed by atoms with E-state index in [1.54, 1.807) is 0 Å². The molecular weight excluding hydrogens is 350 g/mol. The summed E-state index contributed by atoms with van der Waals surface area (Å²) >= 11 is 0. The van der Waals surface area contributed by atoms with Crippen molar-refractivity contribution in [3.63, 3.8) is 0 Å². The van der Waals surface area contributed by atoms with E-state index in [1.165, 1.54) is 24.0 Å². The van der Waals surface area contributed by atoms with Gasteiger partial charge in [-0.3, -0.25) is 4.79 Å². The van der Waals surface area contributed by atoms with Crippen molar-refractivity contribution in [1.82, 2.24) is 10.2 Å². The van der Waals surface area contributed by atoms with Crippen molar-refractivity contribution in [3.8, 4) is 5.75 Å². The normalized spacial score (nSPS) is 20.5. The van der Waals surface area contributed by atoms with Gasteiger partial charge in [-0.1, -0.05) is 18.2 Å². The maximum Gasteiger partial charge on any atom is 0.225 e. The molecule has 1 aliphatic carbocycles. The number of ether oxygens (including phenoxy) is 1. The van der Waals surface area contributed by atoms with Crippen LogP contribution in [0, 0.1) is 11.8 Å². The molecule has 1 unspecified atom stereocenters. The molecule has 0 bridgehead atoms. The van der Waals surface area contributed by atoms with Crippen LogP contribution in [-0.4, -0.2) is 50.6 Å². The maximum atomic E-state index is 12.5. The van der Waals surface area contributed by atoms with E-state index in [-0.39, 0.29) is 11.8 Å². The highest BCUT2D eigenvalue weighted by molar-refractivity contribution is 5.80. The Balaban J connectivity index is 1.49. The molecule has 0 radical (unpaired) electrons. The molecule has 3 N–H and O–H groups in total. The van der Waals surface area contributed by atoms with Gasteiger partial charge in [0.05, 0.1) is 6.61 Å². The fourth-order valence-electron chi connectivity index (χ4n) is 4.10. The topological polar surface area (TPSA) is 67.6 Å². The molecule has 1 amide bonds. The highest BCUT2D eigenvalue weighted by Crippen LogP contribution is 2.32. The lowest BCUT2D eigenvalue weighted by Crippen LogP contribution is -2.35. The molecule has 3 rings (SSSR count). The predicted octanol–water partition coefficient (Wildman–Crippen LogP) is 3.06. The first kappa shape index (κ1) is 20.9. The molecule has 1 aliphatic heterocycles. The summed E-state index contributed by atoms with van der Waals surface area (Å²) in [6.07, 6.45) is 8.21. The van der Waals surface area contributed by atoms with E-state index in [0.717, 1.165) is 57.7 Å². The maximum absolute atomic E-state index is 12.5. The number of amides is 1. The van der Waals surface area contributed by atoms with Gasteiger partial charge in [0, 0.05) is 19.5 Å². The minimum absolute atomic E-state index is 0.110. The van der Waals surface area contributed by atoms with Crippen LogP contribution in [0.1, 0.15) is 44.1 Å². The fraction of sp³-hybridized carbons (Fsp3) is 0.609. The number of carbonyl (C=O) groups excluding carboxylic acids is 1. The van der Waals surface area contributed by atoms with Gasteiger partial charge >= 0.3 is 0 Å². The third kappa shape index (κ3) is 5.82. The standard InChI is InChI=1S/C23H35N3O2/c1-26(16-2-13-24)23(27)21-5-3-19(4-6-21)20-7-9-22(10-8-20)28-17-18-11-14-25-15-12-18/h3,7-10,18,21,25H,2,4-6,11-17,24H2,1H3. The monoisotopic (exact) mass is 385 g/mol. The van der Waals surface area contributed by atoms with Gasteiger partial charge in [-0.25, -0.2) is 0 Å². The average Bonchev–Trinajstić information content (AvgIpc) is 2.76. The minimum Gasteiger partial charge on any atom is -0.493 e. The van der Waals surface area contributed by atoms with Crippen LogP contribution in [0.4, 0.5) is 0 Å². The van der Waals surface area contributed by atoms with Crippen molar-refractivity contribution in [2.75, 3.05) is 39.8 Å². The van der Waals surface area contributed by atoms with Gasteiger partial charge in [0.2, 0.25) is 5.91 Å². The lowest BCUT2D eigenvalue weighted by atomic mass is 9.86. The van der Waals surface area contributed by atoms with Gasteiger partial charge in [0.1, 0.15) is 5.75 Å². The summed E-state index contributed by atoms with van der Waals surface area (Å²) in [5, 5.41) is 3.39. The molecule has 1 heterocycles. The summed E-state index contributed by atoms with van der Waals surface area (Å²) in [5.41, 5.74) is 8.14. The lowest BCUT2D eigenvalue weighted by Gasteiger charge is -2.26. The Morgan fingerprint density at radius 3 is 2.61 bits per heavy atom. The van der Waals surface area contributed by atoms with Gasteiger partial charge in [0.25, 0.3) is 0 Å². The second kappa shape index (κ2) is 10.6. The second-order valence-corrected chi connectivity index (χ2v) is 8.13. The number of allylic oxidation sites excluding steroid dienone is 2. The molecule has 5 nitrogen and oxygen atoms in total. The molecule has 0 aromatic heterocycles. The van der Waals surface area contributed by atoms with Crippen molar-refractivity contribution in [3.05, 3.63) is 35.9 Å². The second-order valence-electron chi connectivity index (χ2n) is 8.13. The Bertz CT molecular complexity index is 650. The first-order valence-electron chi connectivity index (χ1n) is 10.8. The zero-order valence-electron chi connectivity index (χ0n) is 17.2. The zero-order chi connectivity index (χ0) is 19.8. The smallest absolute Gasteiger partial charge is 0.225 e. The van der Waals surface area contributed by atoms with Crippen molar-refractivity contribution in [2.45, 2.75) is 38.5 Å². The summed E-state index contributed by atoms with van der Waals surface area (Å²) in [6, 6.07) is 8.46. The van der Waals surface area contributed by atoms with Gasteiger partial charge in [-0.15, -0.1) is 0 Å². The van der Waals surface area contributed by atoms with Crippen LogP contribution in [0.25, 0.3) is 5.57 Å². The molecule has 1 aromatic carbocycles. The number of rotatable bonds is 8. The lowest BCUT2D eigenvalue weighted by molar-refractivity contribution is -0.134. The van der Waals surface area contributed by atoms with Crippen molar-refractivity contribution in [2.24, 2.45) is 17.6 Å². The van der Waals surface area contributed by atoms with Crippen molar-refractivity contribution in [1.29, 1.82) is 0 Å². The number of hydrogen-bond acceptors (Lipinski definition) is 4.